The molecule has 1 heterocycles. The van der Waals surface area contributed by atoms with Gasteiger partial charge in [-0.15, -0.1) is 11.8 Å². The van der Waals surface area contributed by atoms with Crippen molar-refractivity contribution in [1.82, 2.24) is 4.98 Å². The van der Waals surface area contributed by atoms with E-state index in [1.807, 2.05) is 24.4 Å². The Morgan fingerprint density at radius 2 is 1.95 bits per heavy atom. The second-order valence-electron chi connectivity index (χ2n) is 4.46. The van der Waals surface area contributed by atoms with Gasteiger partial charge in [0, 0.05) is 32.9 Å². The zero-order valence-corrected chi connectivity index (χ0v) is 12.3. The molecule has 100 valence electrons. The van der Waals surface area contributed by atoms with Crippen LogP contribution in [0, 0.1) is 0 Å². The number of benzene rings is 2. The predicted octanol–water partition coefficient (Wildman–Crippen LogP) is 4.76. The normalized spacial score (nSPS) is 10.8. The molecule has 0 bridgehead atoms. The number of rotatable bonds is 3. The smallest absolute Gasteiger partial charge is 0.0742 e. The van der Waals surface area contributed by atoms with Crippen LogP contribution in [0.4, 0.5) is 5.69 Å². The van der Waals surface area contributed by atoms with Crippen molar-refractivity contribution in [2.24, 2.45) is 0 Å². The van der Waals surface area contributed by atoms with Crippen LogP contribution in [0.5, 0.6) is 0 Å². The average molecular weight is 301 g/mol. The van der Waals surface area contributed by atoms with E-state index in [4.69, 9.17) is 17.3 Å². The van der Waals surface area contributed by atoms with Crippen LogP contribution >= 0.6 is 23.4 Å². The number of fused-ring (bicyclic) bond motifs is 1. The summed E-state index contributed by atoms with van der Waals surface area (Å²) in [7, 11) is 0. The number of hydrogen-bond donors (Lipinski definition) is 1. The molecule has 3 aromatic rings. The van der Waals surface area contributed by atoms with E-state index in [0.29, 0.717) is 5.02 Å². The second-order valence-corrected chi connectivity index (χ2v) is 5.92. The van der Waals surface area contributed by atoms with Gasteiger partial charge in [-0.05, 0) is 29.8 Å². The Morgan fingerprint density at radius 3 is 2.80 bits per heavy atom. The summed E-state index contributed by atoms with van der Waals surface area (Å²) in [5, 5.41) is 1.83. The Balaban J connectivity index is 1.87. The number of aromatic nitrogens is 1. The topological polar surface area (TPSA) is 38.9 Å². The van der Waals surface area contributed by atoms with E-state index in [0.717, 1.165) is 27.2 Å². The highest BCUT2D eigenvalue weighted by Crippen LogP contribution is 2.31. The van der Waals surface area contributed by atoms with E-state index in [2.05, 4.69) is 29.2 Å². The lowest BCUT2D eigenvalue weighted by molar-refractivity contribution is 1.34. The molecule has 0 saturated carbocycles. The van der Waals surface area contributed by atoms with Gasteiger partial charge in [0.25, 0.3) is 0 Å². The first-order valence-corrected chi connectivity index (χ1v) is 7.61. The molecular weight excluding hydrogens is 288 g/mol. The Hall–Kier alpha value is -1.71. The lowest BCUT2D eigenvalue weighted by atomic mass is 10.1. The zero-order chi connectivity index (χ0) is 13.9. The monoisotopic (exact) mass is 300 g/mol. The standard InChI is InChI=1S/C16H13ClN2S/c17-13-6-7-15(14(18)9-13)20-10-12-4-1-3-11-5-2-8-19-16(11)12/h1-9H,10,18H2. The molecule has 4 heteroatoms. The van der Waals surface area contributed by atoms with E-state index in [-0.39, 0.29) is 0 Å². The first-order chi connectivity index (χ1) is 9.74. The van der Waals surface area contributed by atoms with Gasteiger partial charge in [-0.3, -0.25) is 4.98 Å². The van der Waals surface area contributed by atoms with Crippen molar-refractivity contribution >= 4 is 40.0 Å². The summed E-state index contributed by atoms with van der Waals surface area (Å²) in [4.78, 5) is 5.51. The number of anilines is 1. The van der Waals surface area contributed by atoms with Crippen molar-refractivity contribution in [2.45, 2.75) is 10.6 Å². The number of hydrogen-bond acceptors (Lipinski definition) is 3. The van der Waals surface area contributed by atoms with E-state index >= 15 is 0 Å². The summed E-state index contributed by atoms with van der Waals surface area (Å²) in [6.45, 7) is 0. The van der Waals surface area contributed by atoms with Gasteiger partial charge in [0.15, 0.2) is 0 Å². The van der Waals surface area contributed by atoms with Crippen LogP contribution in [0.3, 0.4) is 0 Å². The summed E-state index contributed by atoms with van der Waals surface area (Å²) >= 11 is 7.61. The first-order valence-electron chi connectivity index (χ1n) is 6.24. The molecule has 2 N–H and O–H groups in total. The predicted molar refractivity (Wildman–Crippen MR) is 87.2 cm³/mol. The van der Waals surface area contributed by atoms with Crippen molar-refractivity contribution in [3.8, 4) is 0 Å². The van der Waals surface area contributed by atoms with Crippen LogP contribution in [0.15, 0.2) is 59.6 Å². The number of halogens is 1. The van der Waals surface area contributed by atoms with Crippen LogP contribution in [0.25, 0.3) is 10.9 Å². The molecule has 0 saturated heterocycles. The van der Waals surface area contributed by atoms with Gasteiger partial charge in [-0.25, -0.2) is 0 Å². The lowest BCUT2D eigenvalue weighted by Crippen LogP contribution is -1.90. The molecule has 0 aliphatic carbocycles. The highest BCUT2D eigenvalue weighted by molar-refractivity contribution is 7.98. The highest BCUT2D eigenvalue weighted by Gasteiger charge is 2.05. The number of nitrogens with two attached hydrogens (primary N) is 1. The van der Waals surface area contributed by atoms with Crippen LogP contribution in [-0.4, -0.2) is 4.98 Å². The van der Waals surface area contributed by atoms with Crippen molar-refractivity contribution < 1.29 is 0 Å². The molecule has 0 aliphatic rings. The van der Waals surface area contributed by atoms with Crippen molar-refractivity contribution in [2.75, 3.05) is 5.73 Å². The maximum absolute atomic E-state index is 5.98. The maximum Gasteiger partial charge on any atom is 0.0742 e. The zero-order valence-electron chi connectivity index (χ0n) is 10.7. The SMILES string of the molecule is Nc1cc(Cl)ccc1SCc1cccc2cccnc12. The third kappa shape index (κ3) is 2.74. The Morgan fingerprint density at radius 1 is 1.10 bits per heavy atom. The van der Waals surface area contributed by atoms with Gasteiger partial charge in [-0.2, -0.15) is 0 Å². The summed E-state index contributed by atoms with van der Waals surface area (Å²) in [5.74, 6) is 0.834. The fraction of sp³-hybridized carbons (Fsp3) is 0.0625. The number of thioether (sulfide) groups is 1. The largest absolute Gasteiger partial charge is 0.398 e. The minimum atomic E-state index is 0.665. The van der Waals surface area contributed by atoms with Gasteiger partial charge in [-0.1, -0.05) is 35.9 Å². The molecule has 0 radical (unpaired) electrons. The van der Waals surface area contributed by atoms with Crippen molar-refractivity contribution in [1.29, 1.82) is 0 Å². The molecule has 0 aliphatic heterocycles. The van der Waals surface area contributed by atoms with Gasteiger partial charge in [0.05, 0.1) is 5.52 Å². The van der Waals surface area contributed by atoms with Crippen LogP contribution in [0.2, 0.25) is 5.02 Å². The first kappa shape index (κ1) is 13.3. The molecule has 1 aromatic heterocycles. The molecule has 20 heavy (non-hydrogen) atoms. The van der Waals surface area contributed by atoms with E-state index < -0.39 is 0 Å². The molecule has 0 fully saturated rings. The van der Waals surface area contributed by atoms with Gasteiger partial charge < -0.3 is 5.73 Å². The minimum absolute atomic E-state index is 0.665. The minimum Gasteiger partial charge on any atom is -0.398 e. The highest BCUT2D eigenvalue weighted by atomic mass is 35.5. The summed E-state index contributed by atoms with van der Waals surface area (Å²) < 4.78 is 0. The van der Waals surface area contributed by atoms with E-state index in [1.165, 1.54) is 5.56 Å². The number of para-hydroxylation sites is 1. The number of nitrogens with zero attached hydrogens (tertiary/aromatic N) is 1. The van der Waals surface area contributed by atoms with Gasteiger partial charge >= 0.3 is 0 Å². The number of nitrogen functional groups attached to an aromatic ring is 1. The Bertz CT molecular complexity index is 753. The summed E-state index contributed by atoms with van der Waals surface area (Å²) in [6, 6.07) is 15.9. The molecule has 0 atom stereocenters. The van der Waals surface area contributed by atoms with Gasteiger partial charge in [0.1, 0.15) is 0 Å². The fourth-order valence-electron chi connectivity index (χ4n) is 2.09. The van der Waals surface area contributed by atoms with Crippen molar-refractivity contribution in [3.05, 3.63) is 65.3 Å². The van der Waals surface area contributed by atoms with Crippen LogP contribution in [0.1, 0.15) is 5.56 Å². The Kier molecular flexibility index (Phi) is 3.81. The van der Waals surface area contributed by atoms with E-state index in [9.17, 15) is 0 Å². The summed E-state index contributed by atoms with van der Waals surface area (Å²) in [5.41, 5.74) is 8.96. The molecular formula is C16H13ClN2S. The molecule has 2 nitrogen and oxygen atoms in total. The average Bonchev–Trinajstić information content (AvgIpc) is 2.46. The molecule has 2 aromatic carbocycles. The van der Waals surface area contributed by atoms with Crippen LogP contribution in [-0.2, 0) is 5.75 Å². The lowest BCUT2D eigenvalue weighted by Gasteiger charge is -2.08. The molecule has 3 rings (SSSR count). The molecule has 0 spiro atoms. The van der Waals surface area contributed by atoms with Crippen molar-refractivity contribution in [3.63, 3.8) is 0 Å². The third-order valence-corrected chi connectivity index (χ3v) is 4.44. The fourth-order valence-corrected chi connectivity index (χ4v) is 3.20. The third-order valence-electron chi connectivity index (χ3n) is 3.07. The maximum atomic E-state index is 5.98. The van der Waals surface area contributed by atoms with Gasteiger partial charge in [0.2, 0.25) is 0 Å². The number of pyridine rings is 1. The molecule has 0 unspecified atom stereocenters. The Labute approximate surface area is 127 Å². The molecule has 0 amide bonds. The second kappa shape index (κ2) is 5.73. The van der Waals surface area contributed by atoms with Crippen LogP contribution < -0.4 is 5.73 Å². The quantitative estimate of drug-likeness (QED) is 0.560. The van der Waals surface area contributed by atoms with E-state index in [1.54, 1.807) is 17.8 Å². The summed E-state index contributed by atoms with van der Waals surface area (Å²) in [6.07, 6.45) is 1.83.